The second-order valence-corrected chi connectivity index (χ2v) is 5.47. The third-order valence-electron chi connectivity index (χ3n) is 3.90. The molecule has 3 aromatic rings. The van der Waals surface area contributed by atoms with Crippen LogP contribution in [0.3, 0.4) is 0 Å². The highest BCUT2D eigenvalue weighted by Gasteiger charge is 2.18. The Morgan fingerprint density at radius 2 is 1.54 bits per heavy atom. The fourth-order valence-corrected chi connectivity index (χ4v) is 2.55. The van der Waals surface area contributed by atoms with Crippen molar-refractivity contribution < 1.29 is 19.0 Å². The first-order valence-electron chi connectivity index (χ1n) is 8.22. The van der Waals surface area contributed by atoms with Gasteiger partial charge in [-0.3, -0.25) is 0 Å². The molecule has 0 radical (unpaired) electrons. The zero-order valence-corrected chi connectivity index (χ0v) is 14.9. The normalized spacial score (nSPS) is 10.4. The number of esters is 1. The highest BCUT2D eigenvalue weighted by Crippen LogP contribution is 2.25. The molecule has 3 rings (SSSR count). The summed E-state index contributed by atoms with van der Waals surface area (Å²) >= 11 is 0. The fourth-order valence-electron chi connectivity index (χ4n) is 2.55. The predicted octanol–water partition coefficient (Wildman–Crippen LogP) is 3.73. The quantitative estimate of drug-likeness (QED) is 0.633. The van der Waals surface area contributed by atoms with Gasteiger partial charge in [-0.15, -0.1) is 0 Å². The van der Waals surface area contributed by atoms with Gasteiger partial charge in [0.2, 0.25) is 0 Å². The third-order valence-corrected chi connectivity index (χ3v) is 3.90. The number of carbonyl (C=O) groups is 1. The van der Waals surface area contributed by atoms with E-state index in [1.807, 2.05) is 48.5 Å². The lowest BCUT2D eigenvalue weighted by Gasteiger charge is -2.07. The molecule has 0 amide bonds. The second kappa shape index (κ2) is 7.74. The number of carbonyl (C=O) groups excluding carboxylic acids is 1. The standard InChI is InChI=1S/C20H20N2O4/c1-4-26-20(23)19-13-18(14-5-9-16(24-2)10-6-14)21-22(19)15-7-11-17(25-3)12-8-15/h5-13H,4H2,1-3H3. The van der Waals surface area contributed by atoms with Crippen LogP contribution in [0.4, 0.5) is 0 Å². The maximum atomic E-state index is 12.4. The van der Waals surface area contributed by atoms with Gasteiger partial charge in [-0.25, -0.2) is 9.48 Å². The molecule has 0 N–H and O–H groups in total. The number of aromatic nitrogens is 2. The van der Waals surface area contributed by atoms with Gasteiger partial charge in [0, 0.05) is 5.56 Å². The Labute approximate surface area is 151 Å². The third kappa shape index (κ3) is 3.54. The Morgan fingerprint density at radius 3 is 2.08 bits per heavy atom. The fraction of sp³-hybridized carbons (Fsp3) is 0.200. The molecule has 0 spiro atoms. The summed E-state index contributed by atoms with van der Waals surface area (Å²) in [6.07, 6.45) is 0. The van der Waals surface area contributed by atoms with Crippen LogP contribution in [-0.2, 0) is 4.74 Å². The summed E-state index contributed by atoms with van der Waals surface area (Å²) in [5, 5.41) is 4.60. The van der Waals surface area contributed by atoms with Gasteiger partial charge in [0.15, 0.2) is 5.69 Å². The molecule has 26 heavy (non-hydrogen) atoms. The smallest absolute Gasteiger partial charge is 0.357 e. The van der Waals surface area contributed by atoms with Crippen LogP contribution in [-0.4, -0.2) is 36.6 Å². The summed E-state index contributed by atoms with van der Waals surface area (Å²) < 4.78 is 17.1. The minimum atomic E-state index is -0.421. The van der Waals surface area contributed by atoms with E-state index in [1.54, 1.807) is 31.9 Å². The minimum Gasteiger partial charge on any atom is -0.497 e. The number of hydrogen-bond acceptors (Lipinski definition) is 5. The van der Waals surface area contributed by atoms with Gasteiger partial charge in [-0.1, -0.05) is 0 Å². The van der Waals surface area contributed by atoms with Crippen molar-refractivity contribution >= 4 is 5.97 Å². The van der Waals surface area contributed by atoms with E-state index < -0.39 is 5.97 Å². The van der Waals surface area contributed by atoms with E-state index in [2.05, 4.69) is 5.10 Å². The van der Waals surface area contributed by atoms with Crippen molar-refractivity contribution in [2.45, 2.75) is 6.92 Å². The lowest BCUT2D eigenvalue weighted by atomic mass is 10.1. The molecule has 2 aromatic carbocycles. The summed E-state index contributed by atoms with van der Waals surface area (Å²) in [6.45, 7) is 2.07. The molecule has 6 heteroatoms. The molecule has 0 aliphatic carbocycles. The number of nitrogens with zero attached hydrogens (tertiary/aromatic N) is 2. The molecule has 0 fully saturated rings. The number of ether oxygens (including phenoxy) is 3. The maximum absolute atomic E-state index is 12.4. The van der Waals surface area contributed by atoms with Crippen molar-refractivity contribution in [1.29, 1.82) is 0 Å². The van der Waals surface area contributed by atoms with Gasteiger partial charge in [-0.05, 0) is 61.5 Å². The van der Waals surface area contributed by atoms with Gasteiger partial charge in [0.05, 0.1) is 32.2 Å². The van der Waals surface area contributed by atoms with Gasteiger partial charge >= 0.3 is 5.97 Å². The van der Waals surface area contributed by atoms with Crippen molar-refractivity contribution in [2.75, 3.05) is 20.8 Å². The Morgan fingerprint density at radius 1 is 0.962 bits per heavy atom. The van der Waals surface area contributed by atoms with E-state index >= 15 is 0 Å². The lowest BCUT2D eigenvalue weighted by Crippen LogP contribution is -2.11. The van der Waals surface area contributed by atoms with Gasteiger partial charge in [-0.2, -0.15) is 5.10 Å². The largest absolute Gasteiger partial charge is 0.497 e. The summed E-state index contributed by atoms with van der Waals surface area (Å²) in [7, 11) is 3.22. The summed E-state index contributed by atoms with van der Waals surface area (Å²) in [4.78, 5) is 12.4. The number of rotatable bonds is 6. The highest BCUT2D eigenvalue weighted by molar-refractivity contribution is 5.89. The van der Waals surface area contributed by atoms with Crippen molar-refractivity contribution in [2.24, 2.45) is 0 Å². The molecule has 134 valence electrons. The predicted molar refractivity (Wildman–Crippen MR) is 98.1 cm³/mol. The molecule has 0 unspecified atom stereocenters. The van der Waals surface area contributed by atoms with Gasteiger partial charge in [0.1, 0.15) is 11.5 Å². The van der Waals surface area contributed by atoms with Crippen LogP contribution in [0.1, 0.15) is 17.4 Å². The maximum Gasteiger partial charge on any atom is 0.357 e. The van der Waals surface area contributed by atoms with Crippen molar-refractivity contribution in [3.05, 3.63) is 60.3 Å². The van der Waals surface area contributed by atoms with Crippen LogP contribution in [0.2, 0.25) is 0 Å². The molecule has 0 saturated carbocycles. The van der Waals surface area contributed by atoms with Crippen molar-refractivity contribution in [1.82, 2.24) is 9.78 Å². The SMILES string of the molecule is CCOC(=O)c1cc(-c2ccc(OC)cc2)nn1-c1ccc(OC)cc1. The van der Waals surface area contributed by atoms with E-state index in [1.165, 1.54) is 0 Å². The topological polar surface area (TPSA) is 62.6 Å². The van der Waals surface area contributed by atoms with Crippen LogP contribution in [0.15, 0.2) is 54.6 Å². The molecule has 6 nitrogen and oxygen atoms in total. The van der Waals surface area contributed by atoms with Crippen LogP contribution in [0.5, 0.6) is 11.5 Å². The van der Waals surface area contributed by atoms with E-state index in [0.717, 1.165) is 22.7 Å². The van der Waals surface area contributed by atoms with Crippen LogP contribution in [0, 0.1) is 0 Å². The summed E-state index contributed by atoms with van der Waals surface area (Å²) in [5.41, 5.74) is 2.66. The van der Waals surface area contributed by atoms with Crippen molar-refractivity contribution in [3.8, 4) is 28.4 Å². The number of hydrogen-bond donors (Lipinski definition) is 0. The molecular weight excluding hydrogens is 332 g/mol. The van der Waals surface area contributed by atoms with Gasteiger partial charge in [0.25, 0.3) is 0 Å². The first-order valence-corrected chi connectivity index (χ1v) is 8.22. The first kappa shape index (κ1) is 17.5. The Hall–Kier alpha value is -3.28. The molecule has 0 saturated heterocycles. The van der Waals surface area contributed by atoms with Crippen LogP contribution < -0.4 is 9.47 Å². The molecule has 0 atom stereocenters. The van der Waals surface area contributed by atoms with E-state index in [0.29, 0.717) is 18.0 Å². The van der Waals surface area contributed by atoms with Gasteiger partial charge < -0.3 is 14.2 Å². The molecule has 1 heterocycles. The van der Waals surface area contributed by atoms with Crippen molar-refractivity contribution in [3.63, 3.8) is 0 Å². The zero-order valence-electron chi connectivity index (χ0n) is 14.9. The number of methoxy groups -OCH3 is 2. The van der Waals surface area contributed by atoms with E-state index in [4.69, 9.17) is 14.2 Å². The average molecular weight is 352 g/mol. The Kier molecular flexibility index (Phi) is 5.22. The summed E-state index contributed by atoms with van der Waals surface area (Å²) in [5.74, 6) is 1.07. The molecule has 1 aromatic heterocycles. The average Bonchev–Trinajstić information content (AvgIpc) is 3.14. The number of benzene rings is 2. The van der Waals surface area contributed by atoms with Crippen LogP contribution in [0.25, 0.3) is 16.9 Å². The second-order valence-electron chi connectivity index (χ2n) is 5.47. The molecule has 0 bridgehead atoms. The zero-order chi connectivity index (χ0) is 18.5. The lowest BCUT2D eigenvalue weighted by molar-refractivity contribution is 0.0515. The molecular formula is C20H20N2O4. The Bertz CT molecular complexity index is 883. The van der Waals surface area contributed by atoms with Crippen LogP contribution >= 0.6 is 0 Å². The minimum absolute atomic E-state index is 0.296. The van der Waals surface area contributed by atoms with E-state index in [9.17, 15) is 4.79 Å². The molecule has 0 aliphatic rings. The highest BCUT2D eigenvalue weighted by atomic mass is 16.5. The monoisotopic (exact) mass is 352 g/mol. The Balaban J connectivity index is 2.05. The molecule has 0 aliphatic heterocycles. The summed E-state index contributed by atoms with van der Waals surface area (Å²) in [6, 6.07) is 16.5. The first-order chi connectivity index (χ1) is 12.7. The van der Waals surface area contributed by atoms with E-state index in [-0.39, 0.29) is 0 Å².